The van der Waals surface area contributed by atoms with Crippen LogP contribution in [0.4, 0.5) is 0 Å². The van der Waals surface area contributed by atoms with Crippen molar-refractivity contribution < 1.29 is 9.15 Å². The van der Waals surface area contributed by atoms with Crippen LogP contribution >= 0.6 is 11.8 Å². The maximum absolute atomic E-state index is 6.13. The number of methoxy groups -OCH3 is 1. The number of rotatable bonds is 3. The van der Waals surface area contributed by atoms with Gasteiger partial charge in [0.25, 0.3) is 0 Å². The van der Waals surface area contributed by atoms with Crippen LogP contribution in [0.15, 0.2) is 76.3 Å². The second kappa shape index (κ2) is 6.28. The number of aromatic nitrogens is 3. The van der Waals surface area contributed by atoms with Crippen LogP contribution in [-0.2, 0) is 0 Å². The highest BCUT2D eigenvalue weighted by atomic mass is 32.2. The molecule has 1 N–H and O–H groups in total. The molecule has 142 valence electrons. The Bertz CT molecular complexity index is 1360. The second-order valence-electron chi connectivity index (χ2n) is 6.85. The first-order chi connectivity index (χ1) is 14.3. The Morgan fingerprint density at radius 2 is 1.86 bits per heavy atom. The minimum atomic E-state index is 0.0513. The Morgan fingerprint density at radius 3 is 2.72 bits per heavy atom. The molecule has 1 atom stereocenters. The van der Waals surface area contributed by atoms with Crippen molar-refractivity contribution in [1.29, 1.82) is 0 Å². The predicted molar refractivity (Wildman–Crippen MR) is 114 cm³/mol. The molecule has 6 nitrogen and oxygen atoms in total. The zero-order valence-corrected chi connectivity index (χ0v) is 16.3. The zero-order chi connectivity index (χ0) is 19.4. The number of hydrogen-bond acceptors (Lipinski definition) is 6. The number of benzene rings is 3. The molecule has 1 unspecified atom stereocenters. The van der Waals surface area contributed by atoms with E-state index in [-0.39, 0.29) is 5.37 Å². The molecule has 3 aromatic carbocycles. The van der Waals surface area contributed by atoms with Gasteiger partial charge in [0.2, 0.25) is 11.0 Å². The molecule has 0 aliphatic carbocycles. The van der Waals surface area contributed by atoms with Gasteiger partial charge in [-0.15, -0.1) is 10.2 Å². The van der Waals surface area contributed by atoms with Gasteiger partial charge < -0.3 is 14.6 Å². The van der Waals surface area contributed by atoms with Crippen molar-refractivity contribution >= 4 is 33.5 Å². The highest BCUT2D eigenvalue weighted by Crippen LogP contribution is 2.41. The number of hydrogen-bond donors (Lipinski definition) is 1. The van der Waals surface area contributed by atoms with Gasteiger partial charge in [-0.05, 0) is 40.6 Å². The molecule has 3 heterocycles. The van der Waals surface area contributed by atoms with Crippen molar-refractivity contribution in [3.63, 3.8) is 0 Å². The molecule has 0 amide bonds. The maximum atomic E-state index is 6.13. The summed E-state index contributed by atoms with van der Waals surface area (Å²) in [5.41, 5.74) is 5.45. The van der Waals surface area contributed by atoms with Crippen molar-refractivity contribution in [3.8, 4) is 17.3 Å². The normalized spacial score (nSPS) is 15.6. The maximum Gasteiger partial charge on any atom is 0.219 e. The first-order valence-electron chi connectivity index (χ1n) is 9.24. The van der Waals surface area contributed by atoms with Crippen molar-refractivity contribution in [2.45, 2.75) is 10.5 Å². The van der Waals surface area contributed by atoms with Crippen LogP contribution in [0, 0.1) is 0 Å². The van der Waals surface area contributed by atoms with Crippen LogP contribution in [0.2, 0.25) is 0 Å². The fourth-order valence-corrected chi connectivity index (χ4v) is 4.69. The van der Waals surface area contributed by atoms with Gasteiger partial charge in [0, 0.05) is 5.39 Å². The summed E-state index contributed by atoms with van der Waals surface area (Å²) in [5.74, 6) is 2.20. The standard InChI is InChI=1S/C22H16N4O2S/c1-27-15-9-6-14(7-10-15)21-25-26-20(23-24-22(26)29-21)19-12-17-16-5-3-2-4-13(16)8-11-18(17)28-19/h2-12,21,25H,1H3. The molecule has 0 radical (unpaired) electrons. The van der Waals surface area contributed by atoms with E-state index in [0.717, 1.165) is 27.4 Å². The average Bonchev–Trinajstić information content (AvgIpc) is 3.47. The summed E-state index contributed by atoms with van der Waals surface area (Å²) in [7, 11) is 1.67. The number of furan rings is 1. The van der Waals surface area contributed by atoms with Crippen molar-refractivity contribution in [2.75, 3.05) is 12.5 Å². The SMILES string of the molecule is COc1ccc(C2Nn3c(nnc3-c3cc4c(ccc5ccccc54)o3)S2)cc1. The number of fused-ring (bicyclic) bond motifs is 4. The quantitative estimate of drug-likeness (QED) is 0.449. The summed E-state index contributed by atoms with van der Waals surface area (Å²) in [6.07, 6.45) is 0. The van der Waals surface area contributed by atoms with Crippen molar-refractivity contribution in [3.05, 3.63) is 72.3 Å². The van der Waals surface area contributed by atoms with Crippen LogP contribution in [0.25, 0.3) is 33.3 Å². The zero-order valence-electron chi connectivity index (χ0n) is 15.5. The fraction of sp³-hybridized carbons (Fsp3) is 0.0909. The molecule has 7 heteroatoms. The van der Waals surface area contributed by atoms with Crippen LogP contribution in [0.5, 0.6) is 5.75 Å². The fourth-order valence-electron chi connectivity index (χ4n) is 3.70. The van der Waals surface area contributed by atoms with E-state index in [1.807, 2.05) is 41.1 Å². The van der Waals surface area contributed by atoms with Crippen LogP contribution < -0.4 is 10.2 Å². The van der Waals surface area contributed by atoms with E-state index in [4.69, 9.17) is 9.15 Å². The van der Waals surface area contributed by atoms with E-state index in [1.165, 1.54) is 10.8 Å². The molecular formula is C22H16N4O2S. The first kappa shape index (κ1) is 16.5. The van der Waals surface area contributed by atoms with E-state index in [2.05, 4.69) is 46.0 Å². The van der Waals surface area contributed by atoms with Gasteiger partial charge in [-0.3, -0.25) is 0 Å². The van der Waals surface area contributed by atoms with Gasteiger partial charge in [-0.1, -0.05) is 54.2 Å². The van der Waals surface area contributed by atoms with Gasteiger partial charge in [0.1, 0.15) is 16.7 Å². The smallest absolute Gasteiger partial charge is 0.219 e. The van der Waals surface area contributed by atoms with E-state index < -0.39 is 0 Å². The topological polar surface area (TPSA) is 65.1 Å². The van der Waals surface area contributed by atoms with E-state index in [0.29, 0.717) is 11.6 Å². The largest absolute Gasteiger partial charge is 0.497 e. The molecule has 1 aliphatic rings. The Hall–Kier alpha value is -3.45. The molecule has 0 spiro atoms. The van der Waals surface area contributed by atoms with Crippen LogP contribution in [0.3, 0.4) is 0 Å². The molecule has 2 aromatic heterocycles. The second-order valence-corrected chi connectivity index (χ2v) is 7.92. The molecule has 0 saturated heterocycles. The Labute approximate surface area is 170 Å². The van der Waals surface area contributed by atoms with E-state index in [9.17, 15) is 0 Å². The summed E-state index contributed by atoms with van der Waals surface area (Å²) in [5, 5.41) is 13.0. The first-order valence-corrected chi connectivity index (χ1v) is 10.1. The summed E-state index contributed by atoms with van der Waals surface area (Å²) < 4.78 is 13.3. The summed E-state index contributed by atoms with van der Waals surface area (Å²) in [6.45, 7) is 0. The third-order valence-electron chi connectivity index (χ3n) is 5.17. The number of thioether (sulfide) groups is 1. The lowest BCUT2D eigenvalue weighted by molar-refractivity contribution is 0.414. The monoisotopic (exact) mass is 400 g/mol. The van der Waals surface area contributed by atoms with Gasteiger partial charge >= 0.3 is 0 Å². The molecule has 0 saturated carbocycles. The molecule has 29 heavy (non-hydrogen) atoms. The third kappa shape index (κ3) is 2.58. The number of nitrogens with one attached hydrogen (secondary N) is 1. The molecule has 1 aliphatic heterocycles. The van der Waals surface area contributed by atoms with Crippen LogP contribution in [0.1, 0.15) is 10.9 Å². The lowest BCUT2D eigenvalue weighted by Crippen LogP contribution is -2.13. The summed E-state index contributed by atoms with van der Waals surface area (Å²) >= 11 is 1.62. The highest BCUT2D eigenvalue weighted by molar-refractivity contribution is 7.99. The molecular weight excluding hydrogens is 384 g/mol. The lowest BCUT2D eigenvalue weighted by Gasteiger charge is -2.12. The Kier molecular flexibility index (Phi) is 3.57. The van der Waals surface area contributed by atoms with Crippen molar-refractivity contribution in [1.82, 2.24) is 14.9 Å². The summed E-state index contributed by atoms with van der Waals surface area (Å²) in [4.78, 5) is 0. The Balaban J connectivity index is 1.38. The van der Waals surface area contributed by atoms with Crippen molar-refractivity contribution in [2.24, 2.45) is 0 Å². The minimum absolute atomic E-state index is 0.0513. The molecule has 0 bridgehead atoms. The van der Waals surface area contributed by atoms with Gasteiger partial charge in [-0.2, -0.15) is 0 Å². The van der Waals surface area contributed by atoms with Gasteiger partial charge in [-0.25, -0.2) is 4.68 Å². The van der Waals surface area contributed by atoms with E-state index >= 15 is 0 Å². The molecule has 0 fully saturated rings. The minimum Gasteiger partial charge on any atom is -0.497 e. The average molecular weight is 400 g/mol. The molecule has 6 rings (SSSR count). The van der Waals surface area contributed by atoms with Gasteiger partial charge in [0.05, 0.1) is 7.11 Å². The highest BCUT2D eigenvalue weighted by Gasteiger charge is 2.29. The predicted octanol–water partition coefficient (Wildman–Crippen LogP) is 5.20. The number of ether oxygens (including phenoxy) is 1. The summed E-state index contributed by atoms with van der Waals surface area (Å²) in [6, 6.07) is 22.5. The third-order valence-corrected chi connectivity index (χ3v) is 6.26. The lowest BCUT2D eigenvalue weighted by atomic mass is 10.1. The van der Waals surface area contributed by atoms with E-state index in [1.54, 1.807) is 18.9 Å². The molecule has 5 aromatic rings. The van der Waals surface area contributed by atoms with Crippen LogP contribution in [-0.4, -0.2) is 22.0 Å². The van der Waals surface area contributed by atoms with Gasteiger partial charge in [0.15, 0.2) is 5.76 Å². The number of nitrogens with zero attached hydrogens (tertiary/aromatic N) is 3. The Morgan fingerprint density at radius 1 is 1.00 bits per heavy atom.